The Labute approximate surface area is 179 Å². The number of hydrogen-bond donors (Lipinski definition) is 0. The molecule has 6 atom stereocenters. The van der Waals surface area contributed by atoms with Crippen LogP contribution in [0.2, 0.25) is 19.6 Å². The molecule has 4 rings (SSSR count). The Morgan fingerprint density at radius 3 is 2.54 bits per heavy atom. The lowest BCUT2D eigenvalue weighted by Crippen LogP contribution is -2.58. The molecule has 0 aromatic carbocycles. The van der Waals surface area contributed by atoms with Gasteiger partial charge in [-0.3, -0.25) is 9.59 Å². The number of alkyl halides is 1. The van der Waals surface area contributed by atoms with Gasteiger partial charge in [0.15, 0.2) is 14.1 Å². The summed E-state index contributed by atoms with van der Waals surface area (Å²) in [4.78, 5) is 25.0. The molecule has 4 aliphatic carbocycles. The first-order chi connectivity index (χ1) is 13.1. The van der Waals surface area contributed by atoms with Crippen molar-refractivity contribution in [2.75, 3.05) is 5.33 Å². The Balaban J connectivity index is 1.77. The molecule has 1 unspecified atom stereocenters. The summed E-state index contributed by atoms with van der Waals surface area (Å²) in [5.74, 6) is 2.46. The first-order valence-electron chi connectivity index (χ1n) is 11.1. The third kappa shape index (κ3) is 3.15. The lowest BCUT2D eigenvalue weighted by molar-refractivity contribution is -0.135. The van der Waals surface area contributed by atoms with Crippen LogP contribution in [0.1, 0.15) is 58.3 Å². The first kappa shape index (κ1) is 21.0. The molecule has 0 heterocycles. The summed E-state index contributed by atoms with van der Waals surface area (Å²) < 4.78 is 6.80. The maximum atomic E-state index is 12.7. The van der Waals surface area contributed by atoms with Gasteiger partial charge in [0.2, 0.25) is 0 Å². The van der Waals surface area contributed by atoms with Gasteiger partial charge in [0, 0.05) is 29.0 Å². The van der Waals surface area contributed by atoms with Crippen molar-refractivity contribution >= 4 is 35.8 Å². The van der Waals surface area contributed by atoms with Gasteiger partial charge < -0.3 is 4.43 Å². The Hall–Kier alpha value is -0.263. The standard InChI is InChI=1S/C23H35BrO3Si/c1-22-11-10-19-17(18(22)7-8-20(22)26)6-5-15-13-16(25)9-12-23(15,19)21(14-24)27-28(2,3)4/h13,17-19,21H,5-12,14H2,1-4H3/t17-,18-,19-,21?,22-,23+/m0/s1. The number of Topliss-reactive ketones (excluding diaryl/α,β-unsaturated/α-hetero) is 1. The minimum Gasteiger partial charge on any atom is -0.413 e. The summed E-state index contributed by atoms with van der Waals surface area (Å²) in [6.07, 6.45) is 9.79. The highest BCUT2D eigenvalue weighted by Gasteiger charge is 2.62. The summed E-state index contributed by atoms with van der Waals surface area (Å²) in [7, 11) is -1.73. The Morgan fingerprint density at radius 1 is 1.11 bits per heavy atom. The molecule has 0 spiro atoms. The molecule has 0 aromatic rings. The van der Waals surface area contributed by atoms with Crippen molar-refractivity contribution in [1.82, 2.24) is 0 Å². The topological polar surface area (TPSA) is 43.4 Å². The lowest BCUT2D eigenvalue weighted by atomic mass is 9.46. The van der Waals surface area contributed by atoms with Crippen molar-refractivity contribution in [3.05, 3.63) is 11.6 Å². The van der Waals surface area contributed by atoms with E-state index >= 15 is 0 Å². The van der Waals surface area contributed by atoms with Gasteiger partial charge in [-0.1, -0.05) is 28.4 Å². The molecular formula is C23H35BrO3Si. The average molecular weight is 468 g/mol. The summed E-state index contributed by atoms with van der Waals surface area (Å²) in [5.41, 5.74) is 1.24. The molecule has 4 aliphatic rings. The monoisotopic (exact) mass is 466 g/mol. The lowest BCUT2D eigenvalue weighted by Gasteiger charge is -2.60. The maximum Gasteiger partial charge on any atom is 0.184 e. The zero-order valence-electron chi connectivity index (χ0n) is 17.9. The SMILES string of the molecule is C[C@]12CC[C@H]3[C@@H](CCC4=CC(=O)CC[C@@]43C(CBr)O[Si](C)(C)C)[C@@H]1CCC2=O. The quantitative estimate of drug-likeness (QED) is 0.395. The zero-order valence-corrected chi connectivity index (χ0v) is 20.4. The molecule has 0 radical (unpaired) electrons. The smallest absolute Gasteiger partial charge is 0.184 e. The van der Waals surface area contributed by atoms with E-state index in [1.54, 1.807) is 0 Å². The zero-order chi connectivity index (χ0) is 20.3. The number of ketones is 2. The Bertz CT molecular complexity index is 711. The predicted molar refractivity (Wildman–Crippen MR) is 118 cm³/mol. The fraction of sp³-hybridized carbons (Fsp3) is 0.826. The van der Waals surface area contributed by atoms with Crippen molar-refractivity contribution in [3.63, 3.8) is 0 Å². The second kappa shape index (κ2) is 7.16. The van der Waals surface area contributed by atoms with Crippen molar-refractivity contribution in [3.8, 4) is 0 Å². The van der Waals surface area contributed by atoms with E-state index in [1.165, 1.54) is 5.57 Å². The molecule has 3 nitrogen and oxygen atoms in total. The highest BCUT2D eigenvalue weighted by atomic mass is 79.9. The van der Waals surface area contributed by atoms with Crippen molar-refractivity contribution in [1.29, 1.82) is 0 Å². The third-order valence-electron chi connectivity index (χ3n) is 8.48. The molecule has 0 bridgehead atoms. The van der Waals surface area contributed by atoms with Crippen LogP contribution in [0, 0.1) is 28.6 Å². The Kier molecular flexibility index (Phi) is 5.37. The molecule has 0 aliphatic heterocycles. The number of rotatable bonds is 4. The van der Waals surface area contributed by atoms with Crippen molar-refractivity contribution in [2.45, 2.75) is 84.0 Å². The molecule has 0 aromatic heterocycles. The molecule has 156 valence electrons. The fourth-order valence-electron chi connectivity index (χ4n) is 7.35. The predicted octanol–water partition coefficient (Wildman–Crippen LogP) is 5.68. The van der Waals surface area contributed by atoms with Crippen LogP contribution >= 0.6 is 15.9 Å². The van der Waals surface area contributed by atoms with Crippen LogP contribution in [0.4, 0.5) is 0 Å². The summed E-state index contributed by atoms with van der Waals surface area (Å²) in [6.45, 7) is 9.05. The molecule has 28 heavy (non-hydrogen) atoms. The van der Waals surface area contributed by atoms with E-state index in [0.717, 1.165) is 50.3 Å². The van der Waals surface area contributed by atoms with Crippen LogP contribution in [0.5, 0.6) is 0 Å². The number of fused-ring (bicyclic) bond motifs is 5. The highest BCUT2D eigenvalue weighted by molar-refractivity contribution is 9.09. The van der Waals surface area contributed by atoms with E-state index in [9.17, 15) is 9.59 Å². The van der Waals surface area contributed by atoms with Gasteiger partial charge in [0.1, 0.15) is 5.78 Å². The number of halogens is 1. The Morgan fingerprint density at radius 2 is 1.86 bits per heavy atom. The molecule has 0 saturated heterocycles. The van der Waals surface area contributed by atoms with Gasteiger partial charge >= 0.3 is 0 Å². The van der Waals surface area contributed by atoms with Gasteiger partial charge in [0.05, 0.1) is 6.10 Å². The van der Waals surface area contributed by atoms with Crippen molar-refractivity contribution < 1.29 is 14.0 Å². The molecule has 0 N–H and O–H groups in total. The number of hydrogen-bond acceptors (Lipinski definition) is 3. The van der Waals surface area contributed by atoms with Crippen LogP contribution in [0.25, 0.3) is 0 Å². The van der Waals surface area contributed by atoms with E-state index in [2.05, 4.69) is 42.5 Å². The summed E-state index contributed by atoms with van der Waals surface area (Å²) in [6, 6.07) is 0. The van der Waals surface area contributed by atoms with Gasteiger partial charge in [-0.15, -0.1) is 0 Å². The minimum atomic E-state index is -1.73. The van der Waals surface area contributed by atoms with E-state index in [-0.39, 0.29) is 16.9 Å². The molecule has 3 fully saturated rings. The van der Waals surface area contributed by atoms with Crippen molar-refractivity contribution in [2.24, 2.45) is 28.6 Å². The molecule has 3 saturated carbocycles. The molecular weight excluding hydrogens is 432 g/mol. The summed E-state index contributed by atoms with van der Waals surface area (Å²) >= 11 is 3.80. The van der Waals surface area contributed by atoms with E-state index < -0.39 is 8.32 Å². The van der Waals surface area contributed by atoms with Crippen LogP contribution in [-0.2, 0) is 14.0 Å². The average Bonchev–Trinajstić information content (AvgIpc) is 2.93. The van der Waals surface area contributed by atoms with Gasteiger partial charge in [-0.25, -0.2) is 0 Å². The maximum absolute atomic E-state index is 12.7. The van der Waals surface area contributed by atoms with Crippen LogP contribution in [-0.4, -0.2) is 31.3 Å². The summed E-state index contributed by atoms with van der Waals surface area (Å²) in [5, 5.41) is 0.826. The van der Waals surface area contributed by atoms with Gasteiger partial charge in [0.25, 0.3) is 0 Å². The normalized spacial score (nSPS) is 41.8. The molecule has 5 heteroatoms. The second-order valence-corrected chi connectivity index (χ2v) is 16.0. The minimum absolute atomic E-state index is 0.0203. The fourth-order valence-corrected chi connectivity index (χ4v) is 9.45. The first-order valence-corrected chi connectivity index (χ1v) is 15.7. The van der Waals surface area contributed by atoms with Crippen LogP contribution < -0.4 is 0 Å². The molecule has 0 amide bonds. The largest absolute Gasteiger partial charge is 0.413 e. The number of carbonyl (C=O) groups excluding carboxylic acids is 2. The van der Waals surface area contributed by atoms with Crippen LogP contribution in [0.3, 0.4) is 0 Å². The van der Waals surface area contributed by atoms with E-state index in [4.69, 9.17) is 4.43 Å². The van der Waals surface area contributed by atoms with Crippen LogP contribution in [0.15, 0.2) is 11.6 Å². The van der Waals surface area contributed by atoms with E-state index in [1.807, 2.05) is 6.08 Å². The highest BCUT2D eigenvalue weighted by Crippen LogP contribution is 2.66. The second-order valence-electron chi connectivity index (χ2n) is 10.9. The van der Waals surface area contributed by atoms with Gasteiger partial charge in [-0.2, -0.15) is 0 Å². The number of carbonyl (C=O) groups is 2. The third-order valence-corrected chi connectivity index (χ3v) is 10.1. The van der Waals surface area contributed by atoms with E-state index in [0.29, 0.717) is 35.7 Å². The van der Waals surface area contributed by atoms with Gasteiger partial charge in [-0.05, 0) is 82.0 Å².